The molecule has 0 bridgehead atoms. The Morgan fingerprint density at radius 1 is 0.909 bits per heavy atom. The molecular weight excluding hydrogens is 564 g/mol. The molecule has 2 aromatic heterocycles. The lowest BCUT2D eigenvalue weighted by Crippen LogP contribution is -2.11. The first-order chi connectivity index (χ1) is 15.2. The van der Waals surface area contributed by atoms with E-state index in [0.29, 0.717) is 14.2 Å². The average molecular weight is 577 g/mol. The molecule has 3 rings (SSSR count). The number of rotatable bonds is 6. The van der Waals surface area contributed by atoms with Crippen LogP contribution < -0.4 is 11.5 Å². The van der Waals surface area contributed by atoms with Gasteiger partial charge in [0.15, 0.2) is 9.84 Å². The first-order valence-electron chi connectivity index (χ1n) is 8.34. The minimum absolute atomic E-state index is 0.0584. The molecule has 0 unspecified atom stereocenters. The summed E-state index contributed by atoms with van der Waals surface area (Å²) in [5.41, 5.74) is 10.4. The maximum atomic E-state index is 11.4. The molecule has 1 aromatic carbocycles. The van der Waals surface area contributed by atoms with Gasteiger partial charge in [0.2, 0.25) is 0 Å². The van der Waals surface area contributed by atoms with Crippen molar-refractivity contribution in [3.63, 3.8) is 0 Å². The predicted molar refractivity (Wildman–Crippen MR) is 125 cm³/mol. The molecule has 0 aliphatic carbocycles. The zero-order valence-corrected chi connectivity index (χ0v) is 20.4. The van der Waals surface area contributed by atoms with Crippen LogP contribution in [0.3, 0.4) is 0 Å². The molecule has 16 heteroatoms. The van der Waals surface area contributed by atoms with Crippen LogP contribution in [0.2, 0.25) is 0 Å². The molecule has 4 N–H and O–H groups in total. The summed E-state index contributed by atoms with van der Waals surface area (Å²) >= 11 is 4.71. The fourth-order valence-electron chi connectivity index (χ4n) is 2.37. The van der Waals surface area contributed by atoms with Crippen molar-refractivity contribution in [2.45, 2.75) is 4.90 Å². The van der Waals surface area contributed by atoms with Crippen LogP contribution in [0.1, 0.15) is 20.7 Å². The second-order valence-electron chi connectivity index (χ2n) is 6.14. The number of carbonyl (C=O) groups excluding carboxylic acids is 2. The van der Waals surface area contributed by atoms with Gasteiger partial charge in [-0.1, -0.05) is 34.8 Å². The number of hydrogen-bond acceptors (Lipinski definition) is 10. The van der Waals surface area contributed by atoms with E-state index < -0.39 is 31.5 Å². The van der Waals surface area contributed by atoms with E-state index in [0.717, 1.165) is 28.9 Å². The van der Waals surface area contributed by atoms with E-state index in [-0.39, 0.29) is 26.0 Å². The molecule has 0 radical (unpaired) electrons. The molecule has 2 amide bonds. The molecule has 0 aliphatic heterocycles. The maximum Gasteiger partial charge on any atom is 0.337 e. The van der Waals surface area contributed by atoms with Gasteiger partial charge in [0.25, 0.3) is 11.8 Å². The summed E-state index contributed by atoms with van der Waals surface area (Å²) in [6, 6.07) is 8.53. The van der Waals surface area contributed by atoms with Crippen molar-refractivity contribution in [3.8, 4) is 10.4 Å². The minimum Gasteiger partial charge on any atom is -0.365 e. The van der Waals surface area contributed by atoms with E-state index in [4.69, 9.17) is 11.5 Å². The Morgan fingerprint density at radius 2 is 1.36 bits per heavy atom. The molecule has 0 saturated carbocycles. The number of amides is 2. The van der Waals surface area contributed by atoms with Crippen molar-refractivity contribution in [1.29, 1.82) is 0 Å². The summed E-state index contributed by atoms with van der Waals surface area (Å²) in [6.45, 7) is 0. The fourth-order valence-corrected chi connectivity index (χ4v) is 5.37. The third-order valence-corrected chi connectivity index (χ3v) is 7.68. The maximum absolute atomic E-state index is 11.4. The minimum atomic E-state index is -3.31. The van der Waals surface area contributed by atoms with Gasteiger partial charge >= 0.3 is 10.0 Å². The number of benzene rings is 1. The number of primary amides is 2. The Labute approximate surface area is 202 Å². The van der Waals surface area contributed by atoms with Crippen LogP contribution in [-0.4, -0.2) is 36.3 Å². The van der Waals surface area contributed by atoms with Crippen molar-refractivity contribution >= 4 is 70.3 Å². The van der Waals surface area contributed by atoms with E-state index in [9.17, 15) is 38.2 Å². The number of hydrogen-bond donors (Lipinski definition) is 2. The summed E-state index contributed by atoms with van der Waals surface area (Å²) in [7, 11) is -3.31. The summed E-state index contributed by atoms with van der Waals surface area (Å²) in [4.78, 5) is 42.4. The van der Waals surface area contributed by atoms with Crippen LogP contribution in [0.25, 0.3) is 10.4 Å². The van der Waals surface area contributed by atoms with E-state index in [1.165, 1.54) is 36.4 Å². The molecule has 0 aliphatic rings. The third kappa shape index (κ3) is 6.41. The van der Waals surface area contributed by atoms with E-state index in [2.05, 4.69) is 15.9 Å². The predicted octanol–water partition coefficient (Wildman–Crippen LogP) is 3.34. The summed E-state index contributed by atoms with van der Waals surface area (Å²) in [5.74, 6) is -1.67. The number of halogens is 1. The molecule has 0 atom stereocenters. The molecule has 2 heterocycles. The van der Waals surface area contributed by atoms with Gasteiger partial charge in [0, 0.05) is 11.1 Å². The van der Waals surface area contributed by atoms with Gasteiger partial charge in [-0.3, -0.25) is 29.8 Å². The monoisotopic (exact) mass is 576 g/mol. The zero-order chi connectivity index (χ0) is 25.1. The van der Waals surface area contributed by atoms with Crippen LogP contribution in [0.4, 0.5) is 10.0 Å². The quantitative estimate of drug-likeness (QED) is 0.327. The zero-order valence-electron chi connectivity index (χ0n) is 16.4. The Kier molecular flexibility index (Phi) is 8.02. The highest BCUT2D eigenvalue weighted by Gasteiger charge is 2.24. The van der Waals surface area contributed by atoms with Crippen molar-refractivity contribution in [3.05, 3.63) is 71.5 Å². The number of nitrogens with two attached hydrogens (primary N) is 2. The van der Waals surface area contributed by atoms with Gasteiger partial charge < -0.3 is 11.5 Å². The topological polar surface area (TPSA) is 207 Å². The number of nitrogens with zero attached hydrogens (tertiary/aromatic N) is 2. The number of carbonyl (C=O) groups is 2. The van der Waals surface area contributed by atoms with E-state index in [1.54, 1.807) is 0 Å². The molecule has 174 valence electrons. The van der Waals surface area contributed by atoms with Gasteiger partial charge in [0.05, 0.1) is 18.5 Å². The first kappa shape index (κ1) is 26.0. The summed E-state index contributed by atoms with van der Waals surface area (Å²) in [6.07, 6.45) is 1.09. The third-order valence-electron chi connectivity index (χ3n) is 3.82. The number of nitro groups is 2. The largest absolute Gasteiger partial charge is 0.365 e. The van der Waals surface area contributed by atoms with Crippen LogP contribution >= 0.6 is 38.6 Å². The summed E-state index contributed by atoms with van der Waals surface area (Å²) in [5, 5.41) is 20.7. The molecule has 33 heavy (non-hydrogen) atoms. The molecule has 3 aromatic rings. The van der Waals surface area contributed by atoms with Crippen LogP contribution in [-0.2, 0) is 9.84 Å². The Balaban J connectivity index is 0.000000273. The SMILES string of the molecule is CS(=O)(=O)c1ccc(-c2cc(C(N)=O)c([N+](=O)[O-])s2)cc1.NC(=O)c1cc(Br)sc1[N+](=O)[O-]. The van der Waals surface area contributed by atoms with Gasteiger partial charge in [-0.25, -0.2) is 8.42 Å². The second kappa shape index (κ2) is 10.2. The smallest absolute Gasteiger partial charge is 0.337 e. The Bertz CT molecular complexity index is 1300. The van der Waals surface area contributed by atoms with Crippen molar-refractivity contribution in [2.24, 2.45) is 11.5 Å². The number of thiophene rings is 2. The molecule has 0 saturated heterocycles. The fraction of sp³-hybridized carbons (Fsp3) is 0.0588. The lowest BCUT2D eigenvalue weighted by molar-refractivity contribution is -0.380. The molecule has 12 nitrogen and oxygen atoms in total. The number of sulfone groups is 1. The van der Waals surface area contributed by atoms with Crippen LogP contribution in [0, 0.1) is 20.2 Å². The van der Waals surface area contributed by atoms with Crippen molar-refractivity contribution in [2.75, 3.05) is 6.26 Å². The van der Waals surface area contributed by atoms with Crippen molar-refractivity contribution in [1.82, 2.24) is 0 Å². The highest BCUT2D eigenvalue weighted by atomic mass is 79.9. The lowest BCUT2D eigenvalue weighted by Gasteiger charge is -2.00. The van der Waals surface area contributed by atoms with Gasteiger partial charge in [0.1, 0.15) is 11.1 Å². The van der Waals surface area contributed by atoms with Crippen LogP contribution in [0.5, 0.6) is 0 Å². The van der Waals surface area contributed by atoms with Gasteiger partial charge in [-0.05, 0) is 45.8 Å². The van der Waals surface area contributed by atoms with Gasteiger partial charge in [-0.2, -0.15) is 0 Å². The first-order valence-corrected chi connectivity index (χ1v) is 12.7. The van der Waals surface area contributed by atoms with E-state index in [1.807, 2.05) is 0 Å². The van der Waals surface area contributed by atoms with Crippen LogP contribution in [0.15, 0.2) is 45.1 Å². The summed E-state index contributed by atoms with van der Waals surface area (Å²) < 4.78 is 23.3. The normalized spacial score (nSPS) is 10.7. The van der Waals surface area contributed by atoms with Crippen molar-refractivity contribution < 1.29 is 27.9 Å². The van der Waals surface area contributed by atoms with E-state index >= 15 is 0 Å². The lowest BCUT2D eigenvalue weighted by atomic mass is 10.1. The van der Waals surface area contributed by atoms with Gasteiger partial charge in [-0.15, -0.1) is 0 Å². The average Bonchev–Trinajstić information content (AvgIpc) is 3.32. The molecule has 0 spiro atoms. The standard InChI is InChI=1S/C12H10N2O5S2.C5H3BrN2O3S/c1-21(18,19)8-4-2-7(3-5-8)10-6-9(11(13)15)12(20-10)14(16)17;6-3-1-2(4(7)9)5(12-3)8(10)11/h2-6H,1H3,(H2,13,15);1H,(H2,7,9). The Morgan fingerprint density at radius 3 is 1.73 bits per heavy atom. The molecular formula is C17H13BrN4O8S3. The Hall–Kier alpha value is -3.21. The highest BCUT2D eigenvalue weighted by molar-refractivity contribution is 9.11. The molecule has 0 fully saturated rings. The second-order valence-corrected chi connectivity index (χ2v) is 11.6. The highest BCUT2D eigenvalue weighted by Crippen LogP contribution is 2.37.